The lowest BCUT2D eigenvalue weighted by Crippen LogP contribution is -2.07. The predicted molar refractivity (Wildman–Crippen MR) is 68.2 cm³/mol. The zero-order valence-corrected chi connectivity index (χ0v) is 11.1. The summed E-state index contributed by atoms with van der Waals surface area (Å²) in [7, 11) is 1.58. The summed E-state index contributed by atoms with van der Waals surface area (Å²) in [5.74, 6) is 1.27. The molecule has 0 spiro atoms. The van der Waals surface area contributed by atoms with E-state index in [-0.39, 0.29) is 6.10 Å². The van der Waals surface area contributed by atoms with Crippen LogP contribution in [-0.2, 0) is 11.2 Å². The van der Waals surface area contributed by atoms with Gasteiger partial charge in [0, 0.05) is 17.5 Å². The summed E-state index contributed by atoms with van der Waals surface area (Å²) in [6.45, 7) is 3.88. The molecule has 1 rings (SSSR count). The first kappa shape index (κ1) is 13.8. The second kappa shape index (κ2) is 6.50. The van der Waals surface area contributed by atoms with Gasteiger partial charge in [-0.15, -0.1) is 0 Å². The Bertz CT molecular complexity index is 388. The van der Waals surface area contributed by atoms with E-state index in [0.29, 0.717) is 29.4 Å². The molecule has 0 aliphatic heterocycles. The van der Waals surface area contributed by atoms with Crippen LogP contribution in [0.2, 0.25) is 5.02 Å². The molecule has 0 unspecified atom stereocenters. The average Bonchev–Trinajstić information content (AvgIpc) is 2.27. The van der Waals surface area contributed by atoms with Gasteiger partial charge < -0.3 is 14.3 Å². The minimum atomic E-state index is 0.0563. The van der Waals surface area contributed by atoms with Crippen LogP contribution in [0.5, 0.6) is 11.5 Å². The molecule has 0 aromatic heterocycles. The van der Waals surface area contributed by atoms with Gasteiger partial charge in [0.05, 0.1) is 13.2 Å². The van der Waals surface area contributed by atoms with E-state index in [0.717, 1.165) is 11.8 Å². The summed E-state index contributed by atoms with van der Waals surface area (Å²) < 4.78 is 10.8. The molecule has 0 aliphatic rings. The second-order valence-electron chi connectivity index (χ2n) is 3.97. The van der Waals surface area contributed by atoms with Gasteiger partial charge in [-0.2, -0.15) is 0 Å². The van der Waals surface area contributed by atoms with Crippen molar-refractivity contribution < 1.29 is 14.3 Å². The van der Waals surface area contributed by atoms with Gasteiger partial charge in [-0.3, -0.25) is 0 Å². The third-order valence-electron chi connectivity index (χ3n) is 2.23. The molecule has 0 amide bonds. The van der Waals surface area contributed by atoms with Crippen LogP contribution < -0.4 is 9.47 Å². The molecule has 0 N–H and O–H groups in total. The molecule has 1 aromatic rings. The van der Waals surface area contributed by atoms with E-state index in [1.165, 1.54) is 0 Å². The molecule has 0 atom stereocenters. The first-order valence-corrected chi connectivity index (χ1v) is 5.93. The Morgan fingerprint density at radius 1 is 1.35 bits per heavy atom. The smallest absolute Gasteiger partial charge is 0.163 e. The Morgan fingerprint density at radius 2 is 2.06 bits per heavy atom. The number of benzene rings is 1. The molecule has 3 nitrogen and oxygen atoms in total. The lowest BCUT2D eigenvalue weighted by Gasteiger charge is -2.15. The molecule has 17 heavy (non-hydrogen) atoms. The topological polar surface area (TPSA) is 35.5 Å². The van der Waals surface area contributed by atoms with Crippen molar-refractivity contribution in [2.75, 3.05) is 7.11 Å². The highest BCUT2D eigenvalue weighted by molar-refractivity contribution is 6.31. The number of ether oxygens (including phenoxy) is 2. The zero-order chi connectivity index (χ0) is 12.8. The van der Waals surface area contributed by atoms with Crippen LogP contribution in [0.1, 0.15) is 25.8 Å². The molecule has 0 aliphatic carbocycles. The van der Waals surface area contributed by atoms with Crippen LogP contribution in [0.4, 0.5) is 0 Å². The lowest BCUT2D eigenvalue weighted by molar-refractivity contribution is -0.107. The molecule has 0 radical (unpaired) electrons. The van der Waals surface area contributed by atoms with E-state index in [1.807, 2.05) is 19.9 Å². The Kier molecular flexibility index (Phi) is 5.29. The van der Waals surface area contributed by atoms with E-state index < -0.39 is 0 Å². The number of carbonyl (C=O) groups excluding carboxylic acids is 1. The van der Waals surface area contributed by atoms with E-state index >= 15 is 0 Å². The van der Waals surface area contributed by atoms with E-state index in [2.05, 4.69) is 0 Å². The van der Waals surface area contributed by atoms with E-state index in [1.54, 1.807) is 13.2 Å². The summed E-state index contributed by atoms with van der Waals surface area (Å²) >= 11 is 6.13. The van der Waals surface area contributed by atoms with Gasteiger partial charge >= 0.3 is 0 Å². The maximum atomic E-state index is 10.4. The SMILES string of the molecule is COc1cc(CCC=O)c(Cl)cc1OC(C)C. The Labute approximate surface area is 107 Å². The van der Waals surface area contributed by atoms with Crippen molar-refractivity contribution in [3.05, 3.63) is 22.7 Å². The second-order valence-corrected chi connectivity index (χ2v) is 4.37. The van der Waals surface area contributed by atoms with Gasteiger partial charge in [0.25, 0.3) is 0 Å². The molecular formula is C13H17ClO3. The van der Waals surface area contributed by atoms with E-state index in [4.69, 9.17) is 21.1 Å². The summed E-state index contributed by atoms with van der Waals surface area (Å²) in [5.41, 5.74) is 0.895. The fraction of sp³-hybridized carbons (Fsp3) is 0.462. The van der Waals surface area contributed by atoms with Crippen molar-refractivity contribution in [1.29, 1.82) is 0 Å². The summed E-state index contributed by atoms with van der Waals surface area (Å²) in [4.78, 5) is 10.4. The van der Waals surface area contributed by atoms with Gasteiger partial charge in [0.1, 0.15) is 6.29 Å². The van der Waals surface area contributed by atoms with Crippen molar-refractivity contribution in [3.8, 4) is 11.5 Å². The number of methoxy groups -OCH3 is 1. The maximum absolute atomic E-state index is 10.4. The normalized spacial score (nSPS) is 10.4. The van der Waals surface area contributed by atoms with Crippen LogP contribution in [-0.4, -0.2) is 19.5 Å². The number of aldehydes is 1. The lowest BCUT2D eigenvalue weighted by atomic mass is 10.1. The van der Waals surface area contributed by atoms with Crippen LogP contribution in [0.15, 0.2) is 12.1 Å². The third kappa shape index (κ3) is 3.93. The van der Waals surface area contributed by atoms with Gasteiger partial charge in [0.15, 0.2) is 11.5 Å². The highest BCUT2D eigenvalue weighted by atomic mass is 35.5. The number of carbonyl (C=O) groups is 1. The third-order valence-corrected chi connectivity index (χ3v) is 2.58. The quantitative estimate of drug-likeness (QED) is 0.733. The maximum Gasteiger partial charge on any atom is 0.163 e. The molecular weight excluding hydrogens is 240 g/mol. The minimum absolute atomic E-state index is 0.0563. The Morgan fingerprint density at radius 3 is 2.59 bits per heavy atom. The molecule has 0 bridgehead atoms. The monoisotopic (exact) mass is 256 g/mol. The number of hydrogen-bond donors (Lipinski definition) is 0. The largest absolute Gasteiger partial charge is 0.493 e. The highest BCUT2D eigenvalue weighted by Gasteiger charge is 2.11. The molecule has 1 aromatic carbocycles. The van der Waals surface area contributed by atoms with Gasteiger partial charge in [-0.05, 0) is 31.9 Å². The first-order valence-electron chi connectivity index (χ1n) is 5.55. The van der Waals surface area contributed by atoms with Crippen LogP contribution in [0, 0.1) is 0 Å². The first-order chi connectivity index (χ1) is 8.08. The molecule has 4 heteroatoms. The van der Waals surface area contributed by atoms with Crippen molar-refractivity contribution in [2.45, 2.75) is 32.8 Å². The van der Waals surface area contributed by atoms with Gasteiger partial charge in [0.2, 0.25) is 0 Å². The zero-order valence-electron chi connectivity index (χ0n) is 10.3. The predicted octanol–water partition coefficient (Wildman–Crippen LogP) is 3.27. The molecule has 0 heterocycles. The fourth-order valence-electron chi connectivity index (χ4n) is 1.49. The number of aryl methyl sites for hydroxylation is 1. The summed E-state index contributed by atoms with van der Waals surface area (Å²) in [5, 5.41) is 0.600. The Hall–Kier alpha value is -1.22. The van der Waals surface area contributed by atoms with Crippen LogP contribution in [0.25, 0.3) is 0 Å². The standard InChI is InChI=1S/C13H17ClO3/c1-9(2)17-13-8-11(14)10(5-4-6-15)7-12(13)16-3/h6-9H,4-5H2,1-3H3. The van der Waals surface area contributed by atoms with Crippen molar-refractivity contribution in [2.24, 2.45) is 0 Å². The number of rotatable bonds is 6. The van der Waals surface area contributed by atoms with Crippen molar-refractivity contribution in [3.63, 3.8) is 0 Å². The van der Waals surface area contributed by atoms with Crippen molar-refractivity contribution in [1.82, 2.24) is 0 Å². The average molecular weight is 257 g/mol. The van der Waals surface area contributed by atoms with Crippen molar-refractivity contribution >= 4 is 17.9 Å². The number of hydrogen-bond acceptors (Lipinski definition) is 3. The minimum Gasteiger partial charge on any atom is -0.493 e. The molecule has 0 saturated heterocycles. The Balaban J connectivity index is 3.01. The van der Waals surface area contributed by atoms with Gasteiger partial charge in [-0.1, -0.05) is 11.6 Å². The van der Waals surface area contributed by atoms with Crippen LogP contribution in [0.3, 0.4) is 0 Å². The van der Waals surface area contributed by atoms with Gasteiger partial charge in [-0.25, -0.2) is 0 Å². The highest BCUT2D eigenvalue weighted by Crippen LogP contribution is 2.34. The summed E-state index contributed by atoms with van der Waals surface area (Å²) in [6, 6.07) is 3.56. The number of halogens is 1. The van der Waals surface area contributed by atoms with E-state index in [9.17, 15) is 4.79 Å². The fourth-order valence-corrected chi connectivity index (χ4v) is 1.74. The molecule has 0 saturated carbocycles. The molecule has 94 valence electrons. The summed E-state index contributed by atoms with van der Waals surface area (Å²) in [6.07, 6.45) is 2.00. The molecule has 0 fully saturated rings. The van der Waals surface area contributed by atoms with Crippen LogP contribution >= 0.6 is 11.6 Å².